The number of aryl methyl sites for hydroxylation is 1. The molecule has 1 N–H and O–H groups in total. The van der Waals surface area contributed by atoms with E-state index in [9.17, 15) is 0 Å². The largest absolute Gasteiger partial charge is 0.456 e. The topological polar surface area (TPSA) is 38.3 Å². The molecule has 182 valence electrons. The van der Waals surface area contributed by atoms with Crippen LogP contribution < -0.4 is 16.0 Å². The molecule has 0 fully saturated rings. The summed E-state index contributed by atoms with van der Waals surface area (Å²) in [6.07, 6.45) is 8.25. The predicted octanol–water partition coefficient (Wildman–Crippen LogP) is 8.14. The quantitative estimate of drug-likeness (QED) is 0.270. The first-order chi connectivity index (χ1) is 18.7. The van der Waals surface area contributed by atoms with Gasteiger partial charge < -0.3 is 14.2 Å². The van der Waals surface area contributed by atoms with Crippen molar-refractivity contribution in [3.05, 3.63) is 131 Å². The number of hydrogen-bond acceptors (Lipinski definition) is 3. The van der Waals surface area contributed by atoms with Crippen LogP contribution in [0.5, 0.6) is 0 Å². The monoisotopic (exact) mass is 491 g/mol. The Morgan fingerprint density at radius 2 is 1.47 bits per heavy atom. The molecule has 5 aromatic carbocycles. The molecule has 0 amide bonds. The number of nitrogens with one attached hydrogen (secondary N) is 1. The van der Waals surface area contributed by atoms with Gasteiger partial charge in [-0.25, -0.2) is 0 Å². The van der Waals surface area contributed by atoms with E-state index in [2.05, 4.69) is 103 Å². The zero-order valence-electron chi connectivity index (χ0n) is 20.9. The first kappa shape index (κ1) is 22.2. The van der Waals surface area contributed by atoms with Gasteiger partial charge in [-0.3, -0.25) is 0 Å². The van der Waals surface area contributed by atoms with Crippen molar-refractivity contribution in [1.29, 1.82) is 0 Å². The van der Waals surface area contributed by atoms with E-state index in [0.717, 1.165) is 49.2 Å². The van der Waals surface area contributed by atoms with Crippen molar-refractivity contribution >= 4 is 67.7 Å². The van der Waals surface area contributed by atoms with Crippen LogP contribution in [0, 0.1) is 6.92 Å². The highest BCUT2D eigenvalue weighted by atomic mass is 16.3. The molecule has 3 nitrogen and oxygen atoms in total. The third-order valence-electron chi connectivity index (χ3n) is 6.99. The Labute approximate surface area is 219 Å². The van der Waals surface area contributed by atoms with E-state index < -0.39 is 0 Å². The summed E-state index contributed by atoms with van der Waals surface area (Å²) in [6, 6.07) is 35.4. The number of anilines is 1. The molecule has 2 aromatic heterocycles. The van der Waals surface area contributed by atoms with Gasteiger partial charge in [0.2, 0.25) is 0 Å². The number of allylic oxidation sites excluding steroid dienone is 1. The summed E-state index contributed by atoms with van der Waals surface area (Å²) in [7, 11) is 0. The Morgan fingerprint density at radius 1 is 0.658 bits per heavy atom. The van der Waals surface area contributed by atoms with Crippen LogP contribution in [-0.2, 0) is 0 Å². The van der Waals surface area contributed by atoms with Crippen LogP contribution in [0.15, 0.2) is 118 Å². The van der Waals surface area contributed by atoms with Crippen molar-refractivity contribution in [3.8, 4) is 0 Å². The maximum Gasteiger partial charge on any atom is 0.151 e. The zero-order chi connectivity index (χ0) is 25.5. The van der Waals surface area contributed by atoms with E-state index in [1.165, 1.54) is 21.9 Å². The summed E-state index contributed by atoms with van der Waals surface area (Å²) in [5.74, 6) is 0. The number of benzene rings is 5. The van der Waals surface area contributed by atoms with E-state index in [4.69, 9.17) is 8.83 Å². The van der Waals surface area contributed by atoms with E-state index in [1.54, 1.807) is 0 Å². The summed E-state index contributed by atoms with van der Waals surface area (Å²) in [4.78, 5) is 0. The molecule has 0 saturated carbocycles. The van der Waals surface area contributed by atoms with Crippen molar-refractivity contribution in [2.75, 3.05) is 5.32 Å². The van der Waals surface area contributed by atoms with Crippen LogP contribution >= 0.6 is 0 Å². The molecule has 2 heterocycles. The van der Waals surface area contributed by atoms with Gasteiger partial charge in [-0.1, -0.05) is 96.6 Å². The highest BCUT2D eigenvalue weighted by Crippen LogP contribution is 2.35. The maximum atomic E-state index is 6.24. The fourth-order valence-electron chi connectivity index (χ4n) is 5.18. The number of fused-ring (bicyclic) bond motifs is 6. The molecular weight excluding hydrogens is 466 g/mol. The minimum Gasteiger partial charge on any atom is -0.456 e. The van der Waals surface area contributed by atoms with Gasteiger partial charge in [-0.05, 0) is 53.6 Å². The maximum absolute atomic E-state index is 6.24. The molecule has 0 unspecified atom stereocenters. The highest BCUT2D eigenvalue weighted by molar-refractivity contribution is 6.19. The average Bonchev–Trinajstić information content (AvgIpc) is 3.50. The summed E-state index contributed by atoms with van der Waals surface area (Å²) < 4.78 is 12.4. The second kappa shape index (κ2) is 9.13. The van der Waals surface area contributed by atoms with Crippen LogP contribution in [0.4, 0.5) is 5.69 Å². The fraction of sp³-hybridized carbons (Fsp3) is 0.0286. The summed E-state index contributed by atoms with van der Waals surface area (Å²) in [5, 5.41) is 10.2. The van der Waals surface area contributed by atoms with Gasteiger partial charge in [0.25, 0.3) is 0 Å². The fourth-order valence-corrected chi connectivity index (χ4v) is 5.18. The van der Waals surface area contributed by atoms with Crippen molar-refractivity contribution in [3.63, 3.8) is 0 Å². The summed E-state index contributed by atoms with van der Waals surface area (Å²) >= 11 is 0. The third-order valence-corrected chi connectivity index (χ3v) is 6.99. The molecule has 0 aliphatic carbocycles. The molecule has 0 spiro atoms. The van der Waals surface area contributed by atoms with Crippen molar-refractivity contribution in [1.82, 2.24) is 0 Å². The lowest BCUT2D eigenvalue weighted by Gasteiger charge is -2.01. The first-order valence-corrected chi connectivity index (χ1v) is 12.8. The molecule has 0 aliphatic heterocycles. The zero-order valence-corrected chi connectivity index (χ0v) is 20.9. The lowest BCUT2D eigenvalue weighted by molar-refractivity contribution is 0.575. The molecule has 0 atom stereocenters. The Bertz CT molecular complexity index is 2130. The second-order valence-corrected chi connectivity index (χ2v) is 9.58. The van der Waals surface area contributed by atoms with Crippen LogP contribution in [0.2, 0.25) is 0 Å². The van der Waals surface area contributed by atoms with Crippen LogP contribution in [0.25, 0.3) is 62.0 Å². The van der Waals surface area contributed by atoms with Gasteiger partial charge in [0.05, 0.1) is 0 Å². The normalized spacial score (nSPS) is 13.1. The summed E-state index contributed by atoms with van der Waals surface area (Å²) in [5.41, 5.74) is 6.80. The second-order valence-electron chi connectivity index (χ2n) is 9.58. The molecule has 0 bridgehead atoms. The minimum absolute atomic E-state index is 0.780. The average molecular weight is 492 g/mol. The predicted molar refractivity (Wildman–Crippen MR) is 159 cm³/mol. The van der Waals surface area contributed by atoms with E-state index >= 15 is 0 Å². The number of furan rings is 2. The molecule has 3 heteroatoms. The van der Waals surface area contributed by atoms with Crippen LogP contribution in [-0.4, -0.2) is 0 Å². The third kappa shape index (κ3) is 3.95. The van der Waals surface area contributed by atoms with Gasteiger partial charge in [0.1, 0.15) is 16.7 Å². The number of hydrogen-bond donors (Lipinski definition) is 1. The Morgan fingerprint density at radius 3 is 2.39 bits per heavy atom. The SMILES string of the molecule is Cc1cccc(\C=C/C=c2\c(=C\Nc3ccc4oc5ccc6ccccc6c5c4c3)oc3ccccc23)c1. The van der Waals surface area contributed by atoms with Gasteiger partial charge in [-0.2, -0.15) is 0 Å². The molecule has 0 saturated heterocycles. The molecule has 0 radical (unpaired) electrons. The lowest BCUT2D eigenvalue weighted by Crippen LogP contribution is -2.21. The first-order valence-electron chi connectivity index (χ1n) is 12.8. The number of rotatable bonds is 4. The smallest absolute Gasteiger partial charge is 0.151 e. The van der Waals surface area contributed by atoms with Gasteiger partial charge in [0, 0.05) is 33.3 Å². The molecule has 0 aliphatic rings. The molecular formula is C35H25NO2. The Balaban J connectivity index is 1.32. The number of para-hydroxylation sites is 1. The van der Waals surface area contributed by atoms with Crippen molar-refractivity contribution in [2.45, 2.75) is 6.92 Å². The van der Waals surface area contributed by atoms with Crippen LogP contribution in [0.3, 0.4) is 0 Å². The molecule has 7 aromatic rings. The van der Waals surface area contributed by atoms with Crippen molar-refractivity contribution in [2.24, 2.45) is 0 Å². The van der Waals surface area contributed by atoms with Crippen molar-refractivity contribution < 1.29 is 8.83 Å². The van der Waals surface area contributed by atoms with E-state index in [-0.39, 0.29) is 0 Å². The van der Waals surface area contributed by atoms with E-state index in [0.29, 0.717) is 0 Å². The van der Waals surface area contributed by atoms with Crippen LogP contribution in [0.1, 0.15) is 11.1 Å². The standard InChI is InChI=1S/C35H25NO2/c1-23-8-6-9-24(20-23)10-7-14-29-28-13-4-5-15-31(28)38-34(29)22-36-26-17-19-32-30(21-26)35-27-12-3-2-11-25(27)16-18-33(35)37-32/h2-22,36H,1H3/b10-7-,29-14-,34-22-. The Hall–Kier alpha value is -5.02. The molecule has 7 rings (SSSR count). The minimum atomic E-state index is 0.780. The Kier molecular flexibility index (Phi) is 5.33. The van der Waals surface area contributed by atoms with Gasteiger partial charge >= 0.3 is 0 Å². The van der Waals surface area contributed by atoms with Gasteiger partial charge in [-0.15, -0.1) is 0 Å². The van der Waals surface area contributed by atoms with E-state index in [1.807, 2.05) is 36.5 Å². The lowest BCUT2D eigenvalue weighted by atomic mass is 10.0. The highest BCUT2D eigenvalue weighted by Gasteiger charge is 2.11. The van der Waals surface area contributed by atoms with Gasteiger partial charge in [0.15, 0.2) is 5.42 Å². The summed E-state index contributed by atoms with van der Waals surface area (Å²) in [6.45, 7) is 2.11. The molecule has 38 heavy (non-hydrogen) atoms.